The molecule has 168 valence electrons. The van der Waals surface area contributed by atoms with E-state index < -0.39 is 11.8 Å². The van der Waals surface area contributed by atoms with E-state index in [9.17, 15) is 9.18 Å². The van der Waals surface area contributed by atoms with Crippen LogP contribution in [0.2, 0.25) is 0 Å². The summed E-state index contributed by atoms with van der Waals surface area (Å²) in [5, 5.41) is 0. The smallest absolute Gasteiger partial charge is 0.343 e. The van der Waals surface area contributed by atoms with E-state index in [1.54, 1.807) is 24.3 Å². The predicted molar refractivity (Wildman–Crippen MR) is 119 cm³/mol. The van der Waals surface area contributed by atoms with Crippen LogP contribution >= 0.6 is 0 Å². The lowest BCUT2D eigenvalue weighted by molar-refractivity contribution is 0.0734. The van der Waals surface area contributed by atoms with Crippen molar-refractivity contribution in [1.29, 1.82) is 0 Å². The molecule has 0 aliphatic heterocycles. The van der Waals surface area contributed by atoms with Crippen LogP contribution in [0.3, 0.4) is 0 Å². The molecule has 1 fully saturated rings. The van der Waals surface area contributed by atoms with Gasteiger partial charge >= 0.3 is 5.97 Å². The number of ether oxygens (including phenoxy) is 3. The van der Waals surface area contributed by atoms with E-state index in [0.29, 0.717) is 12.4 Å². The Hall–Kier alpha value is -2.56. The highest BCUT2D eigenvalue weighted by Crippen LogP contribution is 2.33. The Kier molecular flexibility index (Phi) is 8.74. The van der Waals surface area contributed by atoms with Gasteiger partial charge in [0.2, 0.25) is 0 Å². The van der Waals surface area contributed by atoms with Crippen molar-refractivity contribution in [3.8, 4) is 17.2 Å². The molecule has 5 heteroatoms. The number of benzene rings is 2. The average Bonchev–Trinajstić information content (AvgIpc) is 2.79. The molecule has 2 aromatic carbocycles. The van der Waals surface area contributed by atoms with Gasteiger partial charge in [-0.2, -0.15) is 0 Å². The second-order valence-corrected chi connectivity index (χ2v) is 8.38. The van der Waals surface area contributed by atoms with Crippen LogP contribution in [-0.2, 0) is 0 Å². The first-order valence-corrected chi connectivity index (χ1v) is 11.4. The molecule has 0 bridgehead atoms. The molecule has 1 saturated carbocycles. The SMILES string of the molecule is CCC[C@H]1CC[C@H](CCCOc2ccc(OC(=O)c3ccc(OC)c(F)c3)cc2)CC1. The molecule has 1 aliphatic carbocycles. The third kappa shape index (κ3) is 6.98. The van der Waals surface area contributed by atoms with E-state index in [2.05, 4.69) is 6.92 Å². The number of rotatable bonds is 10. The lowest BCUT2D eigenvalue weighted by atomic mass is 9.78. The second-order valence-electron chi connectivity index (χ2n) is 8.38. The Labute approximate surface area is 184 Å². The molecular weight excluding hydrogens is 395 g/mol. The Morgan fingerprint density at radius 3 is 2.23 bits per heavy atom. The summed E-state index contributed by atoms with van der Waals surface area (Å²) in [6.45, 7) is 2.97. The van der Waals surface area contributed by atoms with Crippen LogP contribution in [0.4, 0.5) is 4.39 Å². The molecule has 4 nitrogen and oxygen atoms in total. The van der Waals surface area contributed by atoms with Gasteiger partial charge in [-0.05, 0) is 67.1 Å². The highest BCUT2D eigenvalue weighted by Gasteiger charge is 2.20. The van der Waals surface area contributed by atoms with Crippen molar-refractivity contribution in [1.82, 2.24) is 0 Å². The largest absolute Gasteiger partial charge is 0.494 e. The van der Waals surface area contributed by atoms with Gasteiger partial charge in [-0.15, -0.1) is 0 Å². The third-order valence-electron chi connectivity index (χ3n) is 6.11. The fourth-order valence-electron chi connectivity index (χ4n) is 4.34. The molecule has 0 heterocycles. The lowest BCUT2D eigenvalue weighted by Crippen LogP contribution is -2.15. The van der Waals surface area contributed by atoms with Gasteiger partial charge in [0, 0.05) is 0 Å². The maximum Gasteiger partial charge on any atom is 0.343 e. The fourth-order valence-corrected chi connectivity index (χ4v) is 4.34. The van der Waals surface area contributed by atoms with Crippen molar-refractivity contribution in [2.24, 2.45) is 11.8 Å². The Morgan fingerprint density at radius 2 is 1.61 bits per heavy atom. The zero-order valence-corrected chi connectivity index (χ0v) is 18.6. The summed E-state index contributed by atoms with van der Waals surface area (Å²) in [5.41, 5.74) is 0.127. The van der Waals surface area contributed by atoms with Crippen LogP contribution in [0.15, 0.2) is 42.5 Å². The number of methoxy groups -OCH3 is 1. The fraction of sp³-hybridized carbons (Fsp3) is 0.500. The molecule has 0 unspecified atom stereocenters. The molecule has 0 amide bonds. The number of carbonyl (C=O) groups is 1. The summed E-state index contributed by atoms with van der Waals surface area (Å²) in [4.78, 5) is 12.2. The van der Waals surface area contributed by atoms with E-state index in [1.807, 2.05) is 0 Å². The molecule has 31 heavy (non-hydrogen) atoms. The minimum atomic E-state index is -0.621. The van der Waals surface area contributed by atoms with Crippen molar-refractivity contribution in [2.75, 3.05) is 13.7 Å². The minimum absolute atomic E-state index is 0.0854. The van der Waals surface area contributed by atoms with Crippen molar-refractivity contribution in [2.45, 2.75) is 58.3 Å². The number of carbonyl (C=O) groups excluding carboxylic acids is 1. The molecule has 0 aromatic heterocycles. The molecule has 0 atom stereocenters. The number of esters is 1. The van der Waals surface area contributed by atoms with Crippen molar-refractivity contribution < 1.29 is 23.4 Å². The number of hydrogen-bond donors (Lipinski definition) is 0. The number of halogens is 1. The molecule has 2 aromatic rings. The average molecular weight is 429 g/mol. The predicted octanol–water partition coefficient (Wildman–Crippen LogP) is 6.82. The van der Waals surface area contributed by atoms with Gasteiger partial charge in [0.25, 0.3) is 0 Å². The Bertz CT molecular complexity index is 826. The van der Waals surface area contributed by atoms with Gasteiger partial charge in [-0.25, -0.2) is 9.18 Å². The quantitative estimate of drug-likeness (QED) is 0.237. The molecule has 1 aliphatic rings. The molecule has 0 N–H and O–H groups in total. The lowest BCUT2D eigenvalue weighted by Gasteiger charge is -2.28. The van der Waals surface area contributed by atoms with Crippen molar-refractivity contribution >= 4 is 5.97 Å². The highest BCUT2D eigenvalue weighted by molar-refractivity contribution is 5.91. The van der Waals surface area contributed by atoms with Gasteiger partial charge in [0.1, 0.15) is 11.5 Å². The molecule has 3 rings (SSSR count). The maximum absolute atomic E-state index is 13.8. The van der Waals surface area contributed by atoms with E-state index >= 15 is 0 Å². The van der Waals surface area contributed by atoms with Gasteiger partial charge in [-0.1, -0.05) is 45.4 Å². The first kappa shape index (κ1) is 23.1. The van der Waals surface area contributed by atoms with Crippen LogP contribution in [-0.4, -0.2) is 19.7 Å². The van der Waals surface area contributed by atoms with Gasteiger partial charge in [0.15, 0.2) is 11.6 Å². The zero-order chi connectivity index (χ0) is 22.1. The summed E-state index contributed by atoms with van der Waals surface area (Å²) in [5.74, 6) is 1.80. The first-order valence-electron chi connectivity index (χ1n) is 11.4. The summed E-state index contributed by atoms with van der Waals surface area (Å²) in [6.07, 6.45) is 10.5. The summed E-state index contributed by atoms with van der Waals surface area (Å²) >= 11 is 0. The van der Waals surface area contributed by atoms with Crippen LogP contribution < -0.4 is 14.2 Å². The number of hydrogen-bond acceptors (Lipinski definition) is 4. The molecule has 0 radical (unpaired) electrons. The molecule has 0 spiro atoms. The summed E-state index contributed by atoms with van der Waals surface area (Å²) in [6, 6.07) is 10.9. The van der Waals surface area contributed by atoms with Gasteiger partial charge < -0.3 is 14.2 Å². The molecule has 0 saturated heterocycles. The van der Waals surface area contributed by atoms with E-state index in [1.165, 1.54) is 64.2 Å². The third-order valence-corrected chi connectivity index (χ3v) is 6.11. The maximum atomic E-state index is 13.8. The minimum Gasteiger partial charge on any atom is -0.494 e. The van der Waals surface area contributed by atoms with Crippen molar-refractivity contribution in [3.05, 3.63) is 53.8 Å². The monoisotopic (exact) mass is 428 g/mol. The van der Waals surface area contributed by atoms with Crippen LogP contribution in [0.1, 0.15) is 68.6 Å². The van der Waals surface area contributed by atoms with Gasteiger partial charge in [0.05, 0.1) is 19.3 Å². The van der Waals surface area contributed by atoms with Crippen molar-refractivity contribution in [3.63, 3.8) is 0 Å². The topological polar surface area (TPSA) is 44.8 Å². The summed E-state index contributed by atoms with van der Waals surface area (Å²) < 4.78 is 29.8. The normalized spacial score (nSPS) is 18.4. The Morgan fingerprint density at radius 1 is 0.968 bits per heavy atom. The van der Waals surface area contributed by atoms with E-state index in [0.717, 1.165) is 30.1 Å². The standard InChI is InChI=1S/C26H33FO4/c1-3-5-19-7-9-20(10-8-19)6-4-17-30-22-12-14-23(15-13-22)31-26(28)21-11-16-25(29-2)24(27)18-21/h11-16,18-20H,3-10,17H2,1-2H3/t19-,20-. The van der Waals surface area contributed by atoms with E-state index in [4.69, 9.17) is 14.2 Å². The van der Waals surface area contributed by atoms with E-state index in [-0.39, 0.29) is 11.3 Å². The highest BCUT2D eigenvalue weighted by atomic mass is 19.1. The van der Waals surface area contributed by atoms with Gasteiger partial charge in [-0.3, -0.25) is 0 Å². The van der Waals surface area contributed by atoms with Crippen LogP contribution in [0.25, 0.3) is 0 Å². The van der Waals surface area contributed by atoms with Crippen LogP contribution in [0, 0.1) is 17.7 Å². The Balaban J connectivity index is 1.38. The first-order chi connectivity index (χ1) is 15.1. The zero-order valence-electron chi connectivity index (χ0n) is 18.6. The van der Waals surface area contributed by atoms with Crippen LogP contribution in [0.5, 0.6) is 17.2 Å². The molecular formula is C26H33FO4. The second kappa shape index (κ2) is 11.7. The summed E-state index contributed by atoms with van der Waals surface area (Å²) in [7, 11) is 1.37.